The van der Waals surface area contributed by atoms with Gasteiger partial charge in [0.05, 0.1) is 0 Å². The monoisotopic (exact) mass is 188 g/mol. The van der Waals surface area contributed by atoms with Crippen LogP contribution < -0.4 is 5.32 Å². The smallest absolute Gasteiger partial charge is 0.0218 e. The molecule has 1 aliphatic rings. The molecule has 0 amide bonds. The summed E-state index contributed by atoms with van der Waals surface area (Å²) in [5, 5.41) is 3.27. The van der Waals surface area contributed by atoms with Crippen molar-refractivity contribution in [2.45, 2.75) is 19.4 Å². The molecule has 1 saturated heterocycles. The Kier molecular flexibility index (Phi) is 5.04. The summed E-state index contributed by atoms with van der Waals surface area (Å²) in [6.07, 6.45) is 1.27. The van der Waals surface area contributed by atoms with Crippen molar-refractivity contribution in [1.29, 1.82) is 0 Å². The Morgan fingerprint density at radius 1 is 1.42 bits per heavy atom. The Morgan fingerprint density at radius 3 is 2.58 bits per heavy atom. The summed E-state index contributed by atoms with van der Waals surface area (Å²) in [5.74, 6) is 2.64. The van der Waals surface area contributed by atoms with Crippen molar-refractivity contribution in [2.24, 2.45) is 0 Å². The molecule has 1 aliphatic heterocycles. The Bertz CT molecular complexity index is 110. The molecule has 0 spiro atoms. The fraction of sp³-hybridized carbons (Fsp3) is 1.00. The zero-order chi connectivity index (χ0) is 8.81. The van der Waals surface area contributed by atoms with Crippen molar-refractivity contribution >= 4 is 11.8 Å². The largest absolute Gasteiger partial charge is 0.318 e. The molecule has 1 rings (SSSR count). The van der Waals surface area contributed by atoms with Crippen LogP contribution in [0.3, 0.4) is 0 Å². The van der Waals surface area contributed by atoms with E-state index in [2.05, 4.69) is 28.9 Å². The van der Waals surface area contributed by atoms with Gasteiger partial charge in [-0.1, -0.05) is 6.92 Å². The van der Waals surface area contributed by atoms with Crippen LogP contribution in [0.1, 0.15) is 13.3 Å². The van der Waals surface area contributed by atoms with E-state index in [1.807, 2.05) is 7.05 Å². The number of likely N-dealkylation sites (N-methyl/N-ethyl adjacent to an activating group) is 1. The van der Waals surface area contributed by atoms with Gasteiger partial charge in [-0.3, -0.25) is 4.90 Å². The molecule has 72 valence electrons. The third-order valence-electron chi connectivity index (χ3n) is 2.47. The van der Waals surface area contributed by atoms with Crippen LogP contribution in [0.15, 0.2) is 0 Å². The van der Waals surface area contributed by atoms with Crippen LogP contribution in [0.2, 0.25) is 0 Å². The van der Waals surface area contributed by atoms with E-state index in [9.17, 15) is 0 Å². The predicted octanol–water partition coefficient (Wildman–Crippen LogP) is 1.03. The molecule has 12 heavy (non-hydrogen) atoms. The number of nitrogens with zero attached hydrogens (tertiary/aromatic N) is 1. The molecule has 0 aromatic rings. The Hall–Kier alpha value is 0.270. The van der Waals surface area contributed by atoms with Crippen molar-refractivity contribution in [3.63, 3.8) is 0 Å². The lowest BCUT2D eigenvalue weighted by atomic mass is 10.2. The van der Waals surface area contributed by atoms with Crippen molar-refractivity contribution in [2.75, 3.05) is 38.2 Å². The first kappa shape index (κ1) is 10.4. The number of nitrogens with one attached hydrogen (secondary N) is 1. The SMILES string of the molecule is CCC(CNC)N1CCSCC1. The van der Waals surface area contributed by atoms with Gasteiger partial charge in [-0.05, 0) is 13.5 Å². The molecule has 2 nitrogen and oxygen atoms in total. The van der Waals surface area contributed by atoms with Crippen molar-refractivity contribution < 1.29 is 0 Å². The molecule has 0 radical (unpaired) electrons. The lowest BCUT2D eigenvalue weighted by Crippen LogP contribution is -2.45. The molecule has 0 bridgehead atoms. The normalized spacial score (nSPS) is 22.5. The van der Waals surface area contributed by atoms with Crippen molar-refractivity contribution in [1.82, 2.24) is 10.2 Å². The van der Waals surface area contributed by atoms with Crippen molar-refractivity contribution in [3.8, 4) is 0 Å². The summed E-state index contributed by atoms with van der Waals surface area (Å²) in [7, 11) is 2.04. The molecule has 0 aliphatic carbocycles. The molecule has 0 aromatic heterocycles. The maximum absolute atomic E-state index is 3.27. The molecule has 0 saturated carbocycles. The van der Waals surface area contributed by atoms with Crippen LogP contribution in [-0.4, -0.2) is 49.1 Å². The summed E-state index contributed by atoms with van der Waals surface area (Å²) in [4.78, 5) is 2.62. The highest BCUT2D eigenvalue weighted by Crippen LogP contribution is 2.13. The highest BCUT2D eigenvalue weighted by atomic mass is 32.2. The van der Waals surface area contributed by atoms with Crippen LogP contribution in [0.4, 0.5) is 0 Å². The minimum absolute atomic E-state index is 0.760. The van der Waals surface area contributed by atoms with Gasteiger partial charge in [-0.15, -0.1) is 0 Å². The van der Waals surface area contributed by atoms with Gasteiger partial charge >= 0.3 is 0 Å². The van der Waals surface area contributed by atoms with Gasteiger partial charge in [0.15, 0.2) is 0 Å². The summed E-state index contributed by atoms with van der Waals surface area (Å²) in [6, 6.07) is 0.760. The maximum Gasteiger partial charge on any atom is 0.0218 e. The Balaban J connectivity index is 2.29. The molecular formula is C9H20N2S. The average Bonchev–Trinajstić information content (AvgIpc) is 2.15. The van der Waals surface area contributed by atoms with E-state index in [-0.39, 0.29) is 0 Å². The maximum atomic E-state index is 3.27. The van der Waals surface area contributed by atoms with Crippen LogP contribution in [0.25, 0.3) is 0 Å². The second kappa shape index (κ2) is 5.84. The van der Waals surface area contributed by atoms with Crippen LogP contribution in [0, 0.1) is 0 Å². The lowest BCUT2D eigenvalue weighted by Gasteiger charge is -2.33. The first-order chi connectivity index (χ1) is 5.88. The highest BCUT2D eigenvalue weighted by molar-refractivity contribution is 7.99. The Labute approximate surface area is 80.1 Å². The van der Waals surface area contributed by atoms with E-state index in [4.69, 9.17) is 0 Å². The standard InChI is InChI=1S/C9H20N2S/c1-3-9(8-10-2)11-4-6-12-7-5-11/h9-10H,3-8H2,1-2H3. The van der Waals surface area contributed by atoms with Crippen LogP contribution in [-0.2, 0) is 0 Å². The number of hydrogen-bond acceptors (Lipinski definition) is 3. The quantitative estimate of drug-likeness (QED) is 0.709. The van der Waals surface area contributed by atoms with Gasteiger partial charge in [0.2, 0.25) is 0 Å². The van der Waals surface area contributed by atoms with Crippen LogP contribution >= 0.6 is 11.8 Å². The fourth-order valence-corrected chi connectivity index (χ4v) is 2.64. The van der Waals surface area contributed by atoms with Gasteiger partial charge in [-0.2, -0.15) is 11.8 Å². The van der Waals surface area contributed by atoms with Gasteiger partial charge in [0.25, 0.3) is 0 Å². The third kappa shape index (κ3) is 2.96. The summed E-state index contributed by atoms with van der Waals surface area (Å²) in [6.45, 7) is 5.99. The average molecular weight is 188 g/mol. The predicted molar refractivity (Wildman–Crippen MR) is 56.9 cm³/mol. The van der Waals surface area contributed by atoms with Crippen LogP contribution in [0.5, 0.6) is 0 Å². The van der Waals surface area contributed by atoms with E-state index in [1.165, 1.54) is 31.0 Å². The highest BCUT2D eigenvalue weighted by Gasteiger charge is 2.17. The van der Waals surface area contributed by atoms with Gasteiger partial charge < -0.3 is 5.32 Å². The first-order valence-electron chi connectivity index (χ1n) is 4.85. The van der Waals surface area contributed by atoms with E-state index < -0.39 is 0 Å². The molecule has 1 atom stereocenters. The molecule has 0 aromatic carbocycles. The zero-order valence-corrected chi connectivity index (χ0v) is 8.99. The first-order valence-corrected chi connectivity index (χ1v) is 6.00. The number of hydrogen-bond donors (Lipinski definition) is 1. The molecule has 1 fully saturated rings. The third-order valence-corrected chi connectivity index (χ3v) is 3.42. The van der Waals surface area contributed by atoms with Gasteiger partial charge in [0, 0.05) is 37.2 Å². The second-order valence-electron chi connectivity index (χ2n) is 3.27. The summed E-state index contributed by atoms with van der Waals surface area (Å²) >= 11 is 2.08. The summed E-state index contributed by atoms with van der Waals surface area (Å²) in [5.41, 5.74) is 0. The number of thioether (sulfide) groups is 1. The Morgan fingerprint density at radius 2 is 2.08 bits per heavy atom. The number of rotatable bonds is 4. The summed E-state index contributed by atoms with van der Waals surface area (Å²) < 4.78 is 0. The van der Waals surface area contributed by atoms with E-state index in [0.29, 0.717) is 0 Å². The minimum atomic E-state index is 0.760. The van der Waals surface area contributed by atoms with E-state index in [1.54, 1.807) is 0 Å². The molecule has 3 heteroatoms. The lowest BCUT2D eigenvalue weighted by molar-refractivity contribution is 0.208. The topological polar surface area (TPSA) is 15.3 Å². The fourth-order valence-electron chi connectivity index (χ4n) is 1.71. The molecule has 1 N–H and O–H groups in total. The molecule has 1 heterocycles. The van der Waals surface area contributed by atoms with Gasteiger partial charge in [-0.25, -0.2) is 0 Å². The van der Waals surface area contributed by atoms with Gasteiger partial charge in [0.1, 0.15) is 0 Å². The van der Waals surface area contributed by atoms with Crippen molar-refractivity contribution in [3.05, 3.63) is 0 Å². The zero-order valence-electron chi connectivity index (χ0n) is 8.18. The second-order valence-corrected chi connectivity index (χ2v) is 4.49. The van der Waals surface area contributed by atoms with E-state index >= 15 is 0 Å². The van der Waals surface area contributed by atoms with E-state index in [0.717, 1.165) is 12.6 Å². The minimum Gasteiger partial charge on any atom is -0.318 e. The molecule has 1 unspecified atom stereocenters. The molecular weight excluding hydrogens is 168 g/mol.